The molecule has 0 saturated carbocycles. The molecule has 1 aromatic heterocycles. The Morgan fingerprint density at radius 2 is 2.00 bits per heavy atom. The molecule has 0 aliphatic carbocycles. The predicted octanol–water partition coefficient (Wildman–Crippen LogP) is 4.51. The fraction of sp³-hybridized carbons (Fsp3) is 0.368. The number of carbonyl (C=O) groups excluding carboxylic acids is 1. The zero-order valence-electron chi connectivity index (χ0n) is 14.4. The third kappa shape index (κ3) is 3.85. The van der Waals surface area contributed by atoms with E-state index in [1.54, 1.807) is 12.3 Å². The maximum atomic E-state index is 11.8. The van der Waals surface area contributed by atoms with Crippen LogP contribution in [0.2, 0.25) is 0 Å². The molecule has 2 aromatic rings. The van der Waals surface area contributed by atoms with Crippen LogP contribution in [-0.4, -0.2) is 23.2 Å². The van der Waals surface area contributed by atoms with E-state index < -0.39 is 11.7 Å². The molecule has 0 bridgehead atoms. The van der Waals surface area contributed by atoms with Crippen LogP contribution in [0.25, 0.3) is 0 Å². The molecule has 1 aromatic carbocycles. The number of carbonyl (C=O) groups is 1. The van der Waals surface area contributed by atoms with Gasteiger partial charge in [-0.3, -0.25) is 5.32 Å². The molecule has 0 radical (unpaired) electrons. The zero-order chi connectivity index (χ0) is 17.2. The number of aryl methyl sites for hydroxylation is 1. The van der Waals surface area contributed by atoms with Gasteiger partial charge in [-0.25, -0.2) is 9.78 Å². The van der Waals surface area contributed by atoms with Gasteiger partial charge in [-0.2, -0.15) is 0 Å². The summed E-state index contributed by atoms with van der Waals surface area (Å²) in [5.74, 6) is 0.485. The third-order valence-corrected chi connectivity index (χ3v) is 3.80. The minimum atomic E-state index is -0.526. The molecule has 0 spiro atoms. The number of amides is 1. The highest BCUT2D eigenvalue weighted by atomic mass is 16.6. The van der Waals surface area contributed by atoms with Gasteiger partial charge in [0.2, 0.25) is 0 Å². The fourth-order valence-corrected chi connectivity index (χ4v) is 2.83. The number of benzene rings is 1. The van der Waals surface area contributed by atoms with Crippen LogP contribution in [0.4, 0.5) is 22.0 Å². The maximum absolute atomic E-state index is 11.8. The van der Waals surface area contributed by atoms with Crippen LogP contribution in [0.5, 0.6) is 0 Å². The van der Waals surface area contributed by atoms with Crippen LogP contribution in [0.15, 0.2) is 42.6 Å². The number of nitrogens with zero attached hydrogens (tertiary/aromatic N) is 2. The fourth-order valence-electron chi connectivity index (χ4n) is 2.83. The lowest BCUT2D eigenvalue weighted by Gasteiger charge is -2.31. The summed E-state index contributed by atoms with van der Waals surface area (Å²) >= 11 is 0. The lowest BCUT2D eigenvalue weighted by molar-refractivity contribution is 0.0635. The first-order valence-corrected chi connectivity index (χ1v) is 8.24. The van der Waals surface area contributed by atoms with Crippen LogP contribution < -0.4 is 10.2 Å². The molecule has 0 fully saturated rings. The Morgan fingerprint density at radius 1 is 1.21 bits per heavy atom. The highest BCUT2D eigenvalue weighted by Crippen LogP contribution is 2.33. The Kier molecular flexibility index (Phi) is 4.42. The predicted molar refractivity (Wildman–Crippen MR) is 95.9 cm³/mol. The van der Waals surface area contributed by atoms with Gasteiger partial charge in [-0.05, 0) is 57.4 Å². The second kappa shape index (κ2) is 6.51. The van der Waals surface area contributed by atoms with E-state index in [0.717, 1.165) is 25.1 Å². The number of aromatic nitrogens is 1. The van der Waals surface area contributed by atoms with Crippen LogP contribution >= 0.6 is 0 Å². The smallest absolute Gasteiger partial charge is 0.413 e. The Bertz CT molecular complexity index is 720. The van der Waals surface area contributed by atoms with Crippen LogP contribution in [-0.2, 0) is 11.2 Å². The van der Waals surface area contributed by atoms with Crippen molar-refractivity contribution in [2.75, 3.05) is 16.8 Å². The standard InChI is InChI=1S/C19H23N3O2/c1-19(2,3)24-18(23)21-17-11-10-15(13-20-17)22-12-6-8-14-7-4-5-9-16(14)22/h4-5,7,9-11,13H,6,8,12H2,1-3H3,(H,20,21,23). The number of hydrogen-bond donors (Lipinski definition) is 1. The molecular formula is C19H23N3O2. The summed E-state index contributed by atoms with van der Waals surface area (Å²) in [5.41, 5.74) is 3.09. The highest BCUT2D eigenvalue weighted by molar-refractivity contribution is 5.83. The quantitative estimate of drug-likeness (QED) is 0.882. The normalized spacial score (nSPS) is 14.0. The van der Waals surface area contributed by atoms with E-state index in [-0.39, 0.29) is 0 Å². The molecule has 3 rings (SSSR count). The van der Waals surface area contributed by atoms with Crippen molar-refractivity contribution in [3.8, 4) is 0 Å². The monoisotopic (exact) mass is 325 g/mol. The lowest BCUT2D eigenvalue weighted by Crippen LogP contribution is -2.27. The van der Waals surface area contributed by atoms with Gasteiger partial charge in [-0.1, -0.05) is 18.2 Å². The van der Waals surface area contributed by atoms with Gasteiger partial charge in [-0.15, -0.1) is 0 Å². The van der Waals surface area contributed by atoms with E-state index in [2.05, 4.69) is 39.5 Å². The molecule has 126 valence electrons. The van der Waals surface area contributed by atoms with E-state index >= 15 is 0 Å². The zero-order valence-corrected chi connectivity index (χ0v) is 14.4. The van der Waals surface area contributed by atoms with Gasteiger partial charge < -0.3 is 9.64 Å². The number of pyridine rings is 1. The van der Waals surface area contributed by atoms with Crippen molar-refractivity contribution in [3.05, 3.63) is 48.2 Å². The van der Waals surface area contributed by atoms with Gasteiger partial charge in [0.15, 0.2) is 0 Å². The number of anilines is 3. The van der Waals surface area contributed by atoms with Crippen LogP contribution in [0.1, 0.15) is 32.8 Å². The molecule has 0 saturated heterocycles. The van der Waals surface area contributed by atoms with Crippen molar-refractivity contribution < 1.29 is 9.53 Å². The van der Waals surface area contributed by atoms with Crippen molar-refractivity contribution in [2.45, 2.75) is 39.2 Å². The third-order valence-electron chi connectivity index (χ3n) is 3.80. The summed E-state index contributed by atoms with van der Waals surface area (Å²) in [6, 6.07) is 12.2. The lowest BCUT2D eigenvalue weighted by atomic mass is 10.0. The molecule has 5 nitrogen and oxygen atoms in total. The molecule has 0 unspecified atom stereocenters. The number of hydrogen-bond acceptors (Lipinski definition) is 4. The number of nitrogens with one attached hydrogen (secondary N) is 1. The molecule has 24 heavy (non-hydrogen) atoms. The Morgan fingerprint density at radius 3 is 2.71 bits per heavy atom. The van der Waals surface area contributed by atoms with Crippen molar-refractivity contribution >= 4 is 23.3 Å². The molecule has 1 N–H and O–H groups in total. The topological polar surface area (TPSA) is 54.5 Å². The summed E-state index contributed by atoms with van der Waals surface area (Å²) in [7, 11) is 0. The van der Waals surface area contributed by atoms with Gasteiger partial charge >= 0.3 is 6.09 Å². The first-order valence-electron chi connectivity index (χ1n) is 8.24. The second-order valence-electron chi connectivity index (χ2n) is 6.91. The molecule has 1 aliphatic heterocycles. The van der Waals surface area contributed by atoms with Crippen LogP contribution in [0, 0.1) is 0 Å². The Labute approximate surface area is 142 Å². The highest BCUT2D eigenvalue weighted by Gasteiger charge is 2.19. The van der Waals surface area contributed by atoms with Crippen LogP contribution in [0.3, 0.4) is 0 Å². The van der Waals surface area contributed by atoms with Crippen molar-refractivity contribution in [2.24, 2.45) is 0 Å². The largest absolute Gasteiger partial charge is 0.444 e. The molecule has 5 heteroatoms. The maximum Gasteiger partial charge on any atom is 0.413 e. The van der Waals surface area contributed by atoms with E-state index in [1.165, 1.54) is 11.3 Å². The number of ether oxygens (including phenoxy) is 1. The molecule has 1 aliphatic rings. The molecule has 1 amide bonds. The molecular weight excluding hydrogens is 302 g/mol. The minimum Gasteiger partial charge on any atom is -0.444 e. The van der Waals surface area contributed by atoms with E-state index in [9.17, 15) is 4.79 Å². The van der Waals surface area contributed by atoms with E-state index in [0.29, 0.717) is 5.82 Å². The first-order chi connectivity index (χ1) is 11.4. The van der Waals surface area contributed by atoms with Crippen molar-refractivity contribution in [1.82, 2.24) is 4.98 Å². The Balaban J connectivity index is 1.73. The van der Waals surface area contributed by atoms with Crippen molar-refractivity contribution in [3.63, 3.8) is 0 Å². The summed E-state index contributed by atoms with van der Waals surface area (Å²) in [6.07, 6.45) is 3.52. The Hall–Kier alpha value is -2.56. The second-order valence-corrected chi connectivity index (χ2v) is 6.91. The van der Waals surface area contributed by atoms with E-state index in [1.807, 2.05) is 26.8 Å². The molecule has 2 heterocycles. The number of rotatable bonds is 2. The number of fused-ring (bicyclic) bond motifs is 1. The van der Waals surface area contributed by atoms with Gasteiger partial charge in [0.1, 0.15) is 11.4 Å². The average Bonchev–Trinajstić information content (AvgIpc) is 2.53. The summed E-state index contributed by atoms with van der Waals surface area (Å²) < 4.78 is 5.23. The summed E-state index contributed by atoms with van der Waals surface area (Å²) in [6.45, 7) is 6.46. The summed E-state index contributed by atoms with van der Waals surface area (Å²) in [5, 5.41) is 2.66. The minimum absolute atomic E-state index is 0.485. The number of para-hydroxylation sites is 1. The molecule has 0 atom stereocenters. The first kappa shape index (κ1) is 16.3. The SMILES string of the molecule is CC(C)(C)OC(=O)Nc1ccc(N2CCCc3ccccc32)cn1. The van der Waals surface area contributed by atoms with Gasteiger partial charge in [0, 0.05) is 12.2 Å². The average molecular weight is 325 g/mol. The van der Waals surface area contributed by atoms with Gasteiger partial charge in [0.05, 0.1) is 11.9 Å². The summed E-state index contributed by atoms with van der Waals surface area (Å²) in [4.78, 5) is 18.4. The van der Waals surface area contributed by atoms with Gasteiger partial charge in [0.25, 0.3) is 0 Å². The van der Waals surface area contributed by atoms with E-state index in [4.69, 9.17) is 4.74 Å². The van der Waals surface area contributed by atoms with Crippen molar-refractivity contribution in [1.29, 1.82) is 0 Å².